The van der Waals surface area contributed by atoms with E-state index in [1.54, 1.807) is 36.4 Å². The van der Waals surface area contributed by atoms with Crippen molar-refractivity contribution in [3.63, 3.8) is 0 Å². The molecule has 0 fully saturated rings. The summed E-state index contributed by atoms with van der Waals surface area (Å²) in [6, 6.07) is 10.3. The molecule has 8 heteroatoms. The number of furan rings is 1. The molecule has 0 bridgehead atoms. The van der Waals surface area contributed by atoms with Crippen molar-refractivity contribution in [1.29, 1.82) is 0 Å². The third-order valence-electron chi connectivity index (χ3n) is 3.39. The highest BCUT2D eigenvalue weighted by molar-refractivity contribution is 9.10. The Kier molecular flexibility index (Phi) is 4.99. The van der Waals surface area contributed by atoms with Gasteiger partial charge in [0.15, 0.2) is 11.3 Å². The highest BCUT2D eigenvalue weighted by Crippen LogP contribution is 2.28. The average molecular weight is 405 g/mol. The number of nitrogens with one attached hydrogen (secondary N) is 1. The first-order chi connectivity index (χ1) is 12.0. The van der Waals surface area contributed by atoms with Gasteiger partial charge < -0.3 is 14.5 Å². The lowest BCUT2D eigenvalue weighted by Crippen LogP contribution is -2.43. The fourth-order valence-electron chi connectivity index (χ4n) is 2.28. The molecule has 0 unspecified atom stereocenters. The van der Waals surface area contributed by atoms with Crippen LogP contribution in [0.4, 0.5) is 11.4 Å². The van der Waals surface area contributed by atoms with Crippen LogP contribution in [0.15, 0.2) is 51.6 Å². The molecule has 0 atom stereocenters. The lowest BCUT2D eigenvalue weighted by molar-refractivity contribution is -0.143. The van der Waals surface area contributed by atoms with Gasteiger partial charge in [0.05, 0.1) is 11.4 Å². The summed E-state index contributed by atoms with van der Waals surface area (Å²) in [6.45, 7) is -0.587. The number of nitrogens with zero attached hydrogens (tertiary/aromatic N) is 1. The van der Waals surface area contributed by atoms with E-state index in [1.165, 1.54) is 11.0 Å². The Hall–Kier alpha value is -2.87. The fourth-order valence-corrected chi connectivity index (χ4v) is 2.60. The molecule has 2 amide bonds. The largest absolute Gasteiger partial charge is 0.452 e. The van der Waals surface area contributed by atoms with Crippen molar-refractivity contribution >= 4 is 51.2 Å². The number of fused-ring (bicyclic) bond motifs is 1. The summed E-state index contributed by atoms with van der Waals surface area (Å²) in [7, 11) is 0. The molecule has 1 aromatic heterocycles. The molecule has 7 nitrogen and oxygen atoms in total. The number of carbonyl (C=O) groups is 3. The summed E-state index contributed by atoms with van der Waals surface area (Å²) in [5, 5.41) is 2.68. The van der Waals surface area contributed by atoms with Crippen LogP contribution in [0.2, 0.25) is 0 Å². The van der Waals surface area contributed by atoms with E-state index >= 15 is 0 Å². The smallest absolute Gasteiger partial charge is 0.331 e. The van der Waals surface area contributed by atoms with Gasteiger partial charge in [-0.25, -0.2) is 4.79 Å². The summed E-state index contributed by atoms with van der Waals surface area (Å²) in [6.07, 6.45) is 2.59. The number of rotatable bonds is 4. The third kappa shape index (κ3) is 4.16. The molecule has 0 radical (unpaired) electrons. The Bertz CT molecular complexity index is 858. The normalized spacial score (nSPS) is 13.5. The van der Waals surface area contributed by atoms with Crippen LogP contribution in [-0.2, 0) is 19.1 Å². The minimum absolute atomic E-state index is 0.121. The standard InChI is InChI=1S/C17H13BrN2O5/c18-14-7-5-11(25-14)6-8-17(23)24-10-16(22)20-9-15(21)19-12-3-1-2-4-13(12)20/h1-8H,9-10H2,(H,19,21)/b8-6+. The molecule has 25 heavy (non-hydrogen) atoms. The summed E-state index contributed by atoms with van der Waals surface area (Å²) in [5.74, 6) is -1.00. The molecule has 3 rings (SSSR count). The van der Waals surface area contributed by atoms with Crippen LogP contribution in [0.3, 0.4) is 0 Å². The van der Waals surface area contributed by atoms with Crippen LogP contribution in [0.1, 0.15) is 5.76 Å². The zero-order valence-corrected chi connectivity index (χ0v) is 14.5. The maximum atomic E-state index is 12.3. The van der Waals surface area contributed by atoms with E-state index in [0.29, 0.717) is 21.8 Å². The summed E-state index contributed by atoms with van der Waals surface area (Å²) in [4.78, 5) is 37.0. The van der Waals surface area contributed by atoms with Crippen molar-refractivity contribution in [3.8, 4) is 0 Å². The van der Waals surface area contributed by atoms with Crippen molar-refractivity contribution in [1.82, 2.24) is 0 Å². The highest BCUT2D eigenvalue weighted by atomic mass is 79.9. The molecular formula is C17H13BrN2O5. The number of para-hydroxylation sites is 2. The zero-order chi connectivity index (χ0) is 17.8. The van der Waals surface area contributed by atoms with Gasteiger partial charge in [-0.05, 0) is 46.3 Å². The van der Waals surface area contributed by atoms with Crippen LogP contribution >= 0.6 is 15.9 Å². The molecule has 2 aromatic rings. The Morgan fingerprint density at radius 3 is 2.84 bits per heavy atom. The summed E-state index contributed by atoms with van der Waals surface area (Å²) < 4.78 is 10.7. The Labute approximate surface area is 151 Å². The van der Waals surface area contributed by atoms with Gasteiger partial charge in [-0.1, -0.05) is 12.1 Å². The van der Waals surface area contributed by atoms with Gasteiger partial charge in [0.2, 0.25) is 5.91 Å². The lowest BCUT2D eigenvalue weighted by atomic mass is 10.2. The van der Waals surface area contributed by atoms with Crippen molar-refractivity contribution in [2.75, 3.05) is 23.4 Å². The Balaban J connectivity index is 1.60. The molecule has 0 aliphatic carbocycles. The number of carbonyl (C=O) groups excluding carboxylic acids is 3. The van der Waals surface area contributed by atoms with Crippen LogP contribution in [0.25, 0.3) is 6.08 Å². The van der Waals surface area contributed by atoms with E-state index in [1.807, 2.05) is 0 Å². The SMILES string of the molecule is O=C1CN(C(=O)COC(=O)/C=C/c2ccc(Br)o2)c2ccccc2N1. The van der Waals surface area contributed by atoms with E-state index in [2.05, 4.69) is 21.2 Å². The van der Waals surface area contributed by atoms with E-state index < -0.39 is 18.5 Å². The number of esters is 1. The quantitative estimate of drug-likeness (QED) is 0.624. The van der Waals surface area contributed by atoms with Gasteiger partial charge >= 0.3 is 5.97 Å². The predicted octanol–water partition coefficient (Wildman–Crippen LogP) is 2.58. The van der Waals surface area contributed by atoms with E-state index in [9.17, 15) is 14.4 Å². The lowest BCUT2D eigenvalue weighted by Gasteiger charge is -2.28. The van der Waals surface area contributed by atoms with Gasteiger partial charge in [0, 0.05) is 6.08 Å². The summed E-state index contributed by atoms with van der Waals surface area (Å²) >= 11 is 3.15. The van der Waals surface area contributed by atoms with Crippen molar-refractivity contribution < 1.29 is 23.5 Å². The topological polar surface area (TPSA) is 88.8 Å². The number of ether oxygens (including phenoxy) is 1. The molecule has 1 aliphatic rings. The van der Waals surface area contributed by atoms with Crippen LogP contribution in [0.5, 0.6) is 0 Å². The molecular weight excluding hydrogens is 392 g/mol. The van der Waals surface area contributed by atoms with E-state index in [0.717, 1.165) is 6.08 Å². The zero-order valence-electron chi connectivity index (χ0n) is 12.9. The molecule has 0 spiro atoms. The Morgan fingerprint density at radius 1 is 1.28 bits per heavy atom. The highest BCUT2D eigenvalue weighted by Gasteiger charge is 2.26. The molecule has 0 saturated carbocycles. The number of hydrogen-bond donors (Lipinski definition) is 1. The fraction of sp³-hybridized carbons (Fsp3) is 0.118. The first-order valence-electron chi connectivity index (χ1n) is 7.32. The number of hydrogen-bond acceptors (Lipinski definition) is 5. The second-order valence-corrected chi connectivity index (χ2v) is 5.91. The monoisotopic (exact) mass is 404 g/mol. The van der Waals surface area contributed by atoms with Crippen LogP contribution in [-0.4, -0.2) is 30.9 Å². The van der Waals surface area contributed by atoms with Crippen molar-refractivity contribution in [2.45, 2.75) is 0 Å². The van der Waals surface area contributed by atoms with Gasteiger partial charge in [-0.15, -0.1) is 0 Å². The number of amides is 2. The van der Waals surface area contributed by atoms with Gasteiger partial charge in [-0.3, -0.25) is 14.5 Å². The average Bonchev–Trinajstić information content (AvgIpc) is 3.02. The summed E-state index contributed by atoms with van der Waals surface area (Å²) in [5.41, 5.74) is 1.11. The minimum atomic E-state index is -0.685. The maximum absolute atomic E-state index is 12.3. The maximum Gasteiger partial charge on any atom is 0.331 e. The molecule has 1 aromatic carbocycles. The van der Waals surface area contributed by atoms with Crippen LogP contribution in [0, 0.1) is 0 Å². The van der Waals surface area contributed by atoms with E-state index in [-0.39, 0.29) is 12.5 Å². The predicted molar refractivity (Wildman–Crippen MR) is 93.8 cm³/mol. The number of halogens is 1. The second kappa shape index (κ2) is 7.35. The van der Waals surface area contributed by atoms with Crippen molar-refractivity contribution in [3.05, 3.63) is 52.9 Å². The first kappa shape index (κ1) is 17.0. The van der Waals surface area contributed by atoms with Gasteiger partial charge in [-0.2, -0.15) is 0 Å². The molecule has 1 aliphatic heterocycles. The van der Waals surface area contributed by atoms with E-state index in [4.69, 9.17) is 9.15 Å². The molecule has 2 heterocycles. The van der Waals surface area contributed by atoms with Crippen molar-refractivity contribution in [2.24, 2.45) is 0 Å². The number of benzene rings is 1. The van der Waals surface area contributed by atoms with Gasteiger partial charge in [0.25, 0.3) is 5.91 Å². The number of anilines is 2. The molecule has 0 saturated heterocycles. The second-order valence-electron chi connectivity index (χ2n) is 5.13. The first-order valence-corrected chi connectivity index (χ1v) is 8.11. The minimum Gasteiger partial charge on any atom is -0.452 e. The molecule has 1 N–H and O–H groups in total. The van der Waals surface area contributed by atoms with Gasteiger partial charge in [0.1, 0.15) is 12.3 Å². The Morgan fingerprint density at radius 2 is 2.08 bits per heavy atom. The van der Waals surface area contributed by atoms with Crippen LogP contribution < -0.4 is 10.2 Å². The molecule has 128 valence electrons. The third-order valence-corrected chi connectivity index (χ3v) is 3.81.